The van der Waals surface area contributed by atoms with E-state index in [0.29, 0.717) is 11.1 Å². The maximum Gasteiger partial charge on any atom is 0.345 e. The minimum atomic E-state index is -0.327. The van der Waals surface area contributed by atoms with Crippen molar-refractivity contribution in [3.05, 3.63) is 69.5 Å². The third kappa shape index (κ3) is 1.77. The highest BCUT2D eigenvalue weighted by atomic mass is 79.9. The fraction of sp³-hybridized carbons (Fsp3) is 0. The van der Waals surface area contributed by atoms with Gasteiger partial charge in [-0.1, -0.05) is 48.5 Å². The van der Waals surface area contributed by atoms with E-state index in [2.05, 4.69) is 15.9 Å². The van der Waals surface area contributed by atoms with Gasteiger partial charge in [-0.15, -0.1) is 0 Å². The molecule has 0 amide bonds. The van der Waals surface area contributed by atoms with Gasteiger partial charge in [0, 0.05) is 9.86 Å². The van der Waals surface area contributed by atoms with E-state index in [-0.39, 0.29) is 5.63 Å². The standard InChI is InChI=1S/C15H9BrO2/c16-14-11-8-4-5-9-12(11)18-15(17)13(14)10-6-2-1-3-7-10/h1-9H. The van der Waals surface area contributed by atoms with Crippen molar-refractivity contribution < 1.29 is 4.42 Å². The lowest BCUT2D eigenvalue weighted by molar-refractivity contribution is 0.562. The van der Waals surface area contributed by atoms with Crippen molar-refractivity contribution in [3.63, 3.8) is 0 Å². The molecule has 3 rings (SSSR count). The molecular formula is C15H9BrO2. The van der Waals surface area contributed by atoms with E-state index in [0.717, 1.165) is 15.4 Å². The van der Waals surface area contributed by atoms with Crippen molar-refractivity contribution in [2.24, 2.45) is 0 Å². The first-order chi connectivity index (χ1) is 8.77. The summed E-state index contributed by atoms with van der Waals surface area (Å²) in [6.45, 7) is 0. The Kier molecular flexibility index (Phi) is 2.76. The smallest absolute Gasteiger partial charge is 0.345 e. The number of hydrogen-bond acceptors (Lipinski definition) is 2. The first-order valence-electron chi connectivity index (χ1n) is 5.54. The van der Waals surface area contributed by atoms with Crippen molar-refractivity contribution in [1.82, 2.24) is 0 Å². The molecule has 1 aromatic heterocycles. The monoisotopic (exact) mass is 300 g/mol. The lowest BCUT2D eigenvalue weighted by Crippen LogP contribution is -2.04. The first kappa shape index (κ1) is 11.2. The second kappa shape index (κ2) is 4.42. The van der Waals surface area contributed by atoms with Crippen LogP contribution in [0.4, 0.5) is 0 Å². The number of para-hydroxylation sites is 1. The minimum absolute atomic E-state index is 0.327. The Morgan fingerprint density at radius 3 is 2.33 bits per heavy atom. The topological polar surface area (TPSA) is 30.2 Å². The van der Waals surface area contributed by atoms with Crippen LogP contribution in [0.25, 0.3) is 22.1 Å². The summed E-state index contributed by atoms with van der Waals surface area (Å²) in [5.41, 5.74) is 1.68. The molecule has 0 bridgehead atoms. The molecule has 0 spiro atoms. The van der Waals surface area contributed by atoms with Crippen molar-refractivity contribution in [3.8, 4) is 11.1 Å². The number of fused-ring (bicyclic) bond motifs is 1. The molecule has 0 saturated heterocycles. The minimum Gasteiger partial charge on any atom is -0.422 e. The molecule has 2 nitrogen and oxygen atoms in total. The Hall–Kier alpha value is -1.87. The van der Waals surface area contributed by atoms with Crippen LogP contribution in [0.5, 0.6) is 0 Å². The molecule has 0 saturated carbocycles. The van der Waals surface area contributed by atoms with Crippen molar-refractivity contribution >= 4 is 26.9 Å². The summed E-state index contributed by atoms with van der Waals surface area (Å²) in [5, 5.41) is 0.899. The molecule has 0 N–H and O–H groups in total. The largest absolute Gasteiger partial charge is 0.422 e. The van der Waals surface area contributed by atoms with Gasteiger partial charge in [-0.25, -0.2) is 4.79 Å². The van der Waals surface area contributed by atoms with Gasteiger partial charge >= 0.3 is 5.63 Å². The molecule has 0 atom stereocenters. The molecule has 18 heavy (non-hydrogen) atoms. The average Bonchev–Trinajstić information content (AvgIpc) is 2.40. The van der Waals surface area contributed by atoms with Crippen LogP contribution in [0.3, 0.4) is 0 Å². The van der Waals surface area contributed by atoms with E-state index in [1.165, 1.54) is 0 Å². The molecule has 88 valence electrons. The Bertz CT molecular complexity index is 760. The molecule has 0 fully saturated rings. The van der Waals surface area contributed by atoms with E-state index >= 15 is 0 Å². The van der Waals surface area contributed by atoms with Crippen molar-refractivity contribution in [2.75, 3.05) is 0 Å². The normalized spacial score (nSPS) is 10.7. The molecule has 2 aromatic carbocycles. The summed E-state index contributed by atoms with van der Waals surface area (Å²) in [7, 11) is 0. The molecule has 3 heteroatoms. The molecule has 0 radical (unpaired) electrons. The van der Waals surface area contributed by atoms with Crippen molar-refractivity contribution in [1.29, 1.82) is 0 Å². The summed E-state index contributed by atoms with van der Waals surface area (Å²) in [4.78, 5) is 12.1. The molecule has 0 aliphatic rings. The fourth-order valence-corrected chi connectivity index (χ4v) is 2.68. The summed E-state index contributed by atoms with van der Waals surface area (Å²) in [6, 6.07) is 17.0. The van der Waals surface area contributed by atoms with Gasteiger partial charge in [0.2, 0.25) is 0 Å². The molecule has 0 aliphatic carbocycles. The lowest BCUT2D eigenvalue weighted by Gasteiger charge is -2.05. The second-order valence-electron chi connectivity index (χ2n) is 3.94. The summed E-state index contributed by atoms with van der Waals surface area (Å²) in [6.07, 6.45) is 0. The van der Waals surface area contributed by atoms with E-state index in [9.17, 15) is 4.79 Å². The van der Waals surface area contributed by atoms with E-state index < -0.39 is 0 Å². The van der Waals surface area contributed by atoms with Gasteiger partial charge < -0.3 is 4.42 Å². The summed E-state index contributed by atoms with van der Waals surface area (Å²) in [5.74, 6) is 0. The Morgan fingerprint density at radius 1 is 0.889 bits per heavy atom. The Morgan fingerprint density at radius 2 is 1.56 bits per heavy atom. The van der Waals surface area contributed by atoms with E-state index in [4.69, 9.17) is 4.42 Å². The molecule has 1 heterocycles. The molecular weight excluding hydrogens is 292 g/mol. The van der Waals surface area contributed by atoms with Gasteiger partial charge in [-0.05, 0) is 27.6 Å². The highest BCUT2D eigenvalue weighted by molar-refractivity contribution is 9.10. The second-order valence-corrected chi connectivity index (χ2v) is 4.73. The zero-order chi connectivity index (χ0) is 12.5. The van der Waals surface area contributed by atoms with Crippen LogP contribution in [0.1, 0.15) is 0 Å². The van der Waals surface area contributed by atoms with Gasteiger partial charge in [-0.3, -0.25) is 0 Å². The average molecular weight is 301 g/mol. The predicted octanol–water partition coefficient (Wildman–Crippen LogP) is 4.22. The van der Waals surface area contributed by atoms with Crippen LogP contribution in [0, 0.1) is 0 Å². The number of hydrogen-bond donors (Lipinski definition) is 0. The number of halogens is 1. The third-order valence-corrected chi connectivity index (χ3v) is 3.64. The van der Waals surface area contributed by atoms with Crippen LogP contribution in [0.15, 0.2) is 68.3 Å². The summed E-state index contributed by atoms with van der Waals surface area (Å²) < 4.78 is 6.12. The van der Waals surface area contributed by atoms with Gasteiger partial charge in [0.25, 0.3) is 0 Å². The number of rotatable bonds is 1. The van der Waals surface area contributed by atoms with Gasteiger partial charge in [0.1, 0.15) is 5.58 Å². The maximum atomic E-state index is 12.1. The van der Waals surface area contributed by atoms with Crippen LogP contribution in [-0.4, -0.2) is 0 Å². The lowest BCUT2D eigenvalue weighted by atomic mass is 10.1. The van der Waals surface area contributed by atoms with Crippen LogP contribution in [0.2, 0.25) is 0 Å². The van der Waals surface area contributed by atoms with Gasteiger partial charge in [0.05, 0.1) is 5.56 Å². The zero-order valence-corrected chi connectivity index (χ0v) is 11.0. The van der Waals surface area contributed by atoms with Crippen LogP contribution >= 0.6 is 15.9 Å². The third-order valence-electron chi connectivity index (χ3n) is 2.81. The zero-order valence-electron chi connectivity index (χ0n) is 9.39. The predicted molar refractivity (Wildman–Crippen MR) is 75.6 cm³/mol. The highest BCUT2D eigenvalue weighted by Gasteiger charge is 2.13. The molecule has 3 aromatic rings. The highest BCUT2D eigenvalue weighted by Crippen LogP contribution is 2.31. The van der Waals surface area contributed by atoms with Gasteiger partial charge in [0.15, 0.2) is 0 Å². The quantitative estimate of drug-likeness (QED) is 0.630. The van der Waals surface area contributed by atoms with Crippen molar-refractivity contribution in [2.45, 2.75) is 0 Å². The molecule has 0 unspecified atom stereocenters. The first-order valence-corrected chi connectivity index (χ1v) is 6.33. The molecule has 0 aliphatic heterocycles. The van der Waals surface area contributed by atoms with Crippen LogP contribution < -0.4 is 5.63 Å². The fourth-order valence-electron chi connectivity index (χ4n) is 1.96. The Labute approximate surface area is 112 Å². The van der Waals surface area contributed by atoms with E-state index in [1.807, 2.05) is 48.5 Å². The number of benzene rings is 2. The van der Waals surface area contributed by atoms with Crippen LogP contribution in [-0.2, 0) is 0 Å². The summed E-state index contributed by atoms with van der Waals surface area (Å²) >= 11 is 3.51. The maximum absolute atomic E-state index is 12.1. The SMILES string of the molecule is O=c1oc2ccccc2c(Br)c1-c1ccccc1. The Balaban J connectivity index is 2.41. The van der Waals surface area contributed by atoms with Gasteiger partial charge in [-0.2, -0.15) is 0 Å². The van der Waals surface area contributed by atoms with E-state index in [1.54, 1.807) is 6.07 Å².